The van der Waals surface area contributed by atoms with Gasteiger partial charge in [0.15, 0.2) is 0 Å². The molecule has 0 bridgehead atoms. The van der Waals surface area contributed by atoms with Crippen molar-refractivity contribution in [3.05, 3.63) is 27.7 Å². The lowest BCUT2D eigenvalue weighted by Gasteiger charge is -2.33. The van der Waals surface area contributed by atoms with Crippen LogP contribution in [0.4, 0.5) is 5.69 Å². The lowest BCUT2D eigenvalue weighted by Crippen LogP contribution is -2.48. The molecular weight excluding hydrogens is 321 g/mol. The highest BCUT2D eigenvalue weighted by atomic mass is 35.5. The highest BCUT2D eigenvalue weighted by Crippen LogP contribution is 2.49. The molecule has 2 heterocycles. The fourth-order valence-electron chi connectivity index (χ4n) is 3.48. The van der Waals surface area contributed by atoms with E-state index in [-0.39, 0.29) is 5.91 Å². The van der Waals surface area contributed by atoms with Gasteiger partial charge in [0.25, 0.3) is 0 Å². The number of likely N-dealkylation sites (N-methyl/N-ethyl adjacent to an activating group) is 1. The van der Waals surface area contributed by atoms with E-state index in [1.54, 1.807) is 0 Å². The number of amides is 1. The second-order valence-electron chi connectivity index (χ2n) is 6.38. The number of nitrogens with one attached hydrogen (secondary N) is 1. The first-order chi connectivity index (χ1) is 10.5. The molecule has 2 aliphatic rings. The first-order valence-corrected chi connectivity index (χ1v) is 8.38. The van der Waals surface area contributed by atoms with Gasteiger partial charge in [-0.1, -0.05) is 23.2 Å². The Morgan fingerprint density at radius 3 is 2.50 bits per heavy atom. The quantitative estimate of drug-likeness (QED) is 0.917. The molecule has 0 radical (unpaired) electrons. The smallest absolute Gasteiger partial charge is 0.237 e. The summed E-state index contributed by atoms with van der Waals surface area (Å²) >= 11 is 12.4. The Balaban J connectivity index is 2.05. The number of hydrogen-bond donors (Lipinski definition) is 1. The Morgan fingerprint density at radius 1 is 1.23 bits per heavy atom. The van der Waals surface area contributed by atoms with Gasteiger partial charge in [-0.15, -0.1) is 0 Å². The van der Waals surface area contributed by atoms with Gasteiger partial charge in [0.1, 0.15) is 0 Å². The monoisotopic (exact) mass is 341 g/mol. The molecule has 1 amide bonds. The number of benzene rings is 1. The van der Waals surface area contributed by atoms with Crippen LogP contribution in [0.2, 0.25) is 10.0 Å². The van der Waals surface area contributed by atoms with Gasteiger partial charge in [0.05, 0.1) is 15.5 Å². The molecule has 2 aliphatic heterocycles. The van der Waals surface area contributed by atoms with Crippen molar-refractivity contribution in [2.45, 2.75) is 18.3 Å². The minimum Gasteiger partial charge on any atom is -0.317 e. The van der Waals surface area contributed by atoms with E-state index in [1.165, 1.54) is 0 Å². The number of carbonyl (C=O) groups is 1. The SMILES string of the molecule is CN(C)CCN1C(=O)C2(CCNCC2)c2cc(Cl)c(Cl)cc21. The van der Waals surface area contributed by atoms with Crippen molar-refractivity contribution < 1.29 is 4.79 Å². The van der Waals surface area contributed by atoms with Crippen molar-refractivity contribution >= 4 is 34.8 Å². The minimum absolute atomic E-state index is 0.198. The molecule has 0 aliphatic carbocycles. The van der Waals surface area contributed by atoms with Crippen LogP contribution in [0.1, 0.15) is 18.4 Å². The molecule has 1 aromatic carbocycles. The topological polar surface area (TPSA) is 35.6 Å². The molecule has 1 spiro atoms. The first-order valence-electron chi connectivity index (χ1n) is 7.63. The van der Waals surface area contributed by atoms with E-state index in [9.17, 15) is 4.79 Å². The van der Waals surface area contributed by atoms with Gasteiger partial charge in [0.2, 0.25) is 5.91 Å². The van der Waals surface area contributed by atoms with Crippen molar-refractivity contribution in [3.63, 3.8) is 0 Å². The molecule has 0 atom stereocenters. The number of piperidine rings is 1. The summed E-state index contributed by atoms with van der Waals surface area (Å²) in [5.41, 5.74) is 1.55. The van der Waals surface area contributed by atoms with Crippen molar-refractivity contribution in [3.8, 4) is 0 Å². The first kappa shape index (κ1) is 16.1. The van der Waals surface area contributed by atoms with E-state index in [4.69, 9.17) is 23.2 Å². The minimum atomic E-state index is -0.429. The second-order valence-corrected chi connectivity index (χ2v) is 7.19. The average Bonchev–Trinajstić information content (AvgIpc) is 2.69. The van der Waals surface area contributed by atoms with Gasteiger partial charge in [-0.25, -0.2) is 0 Å². The maximum atomic E-state index is 13.2. The number of carbonyl (C=O) groups excluding carboxylic acids is 1. The third-order valence-electron chi connectivity index (χ3n) is 4.73. The van der Waals surface area contributed by atoms with Gasteiger partial charge in [-0.05, 0) is 57.7 Å². The molecule has 3 rings (SSSR count). The highest BCUT2D eigenvalue weighted by molar-refractivity contribution is 6.42. The lowest BCUT2D eigenvalue weighted by atomic mass is 9.74. The maximum absolute atomic E-state index is 13.2. The average molecular weight is 342 g/mol. The Labute approximate surface area is 141 Å². The fraction of sp³-hybridized carbons (Fsp3) is 0.562. The van der Waals surface area contributed by atoms with E-state index in [0.717, 1.165) is 43.7 Å². The lowest BCUT2D eigenvalue weighted by molar-refractivity contribution is -0.124. The maximum Gasteiger partial charge on any atom is 0.237 e. The predicted molar refractivity (Wildman–Crippen MR) is 91.2 cm³/mol. The Hall–Kier alpha value is -0.810. The normalized spacial score (nSPS) is 20.0. The van der Waals surface area contributed by atoms with Crippen molar-refractivity contribution in [1.82, 2.24) is 10.2 Å². The molecule has 120 valence electrons. The van der Waals surface area contributed by atoms with Crippen molar-refractivity contribution in [2.75, 3.05) is 45.2 Å². The summed E-state index contributed by atoms with van der Waals surface area (Å²) in [5.74, 6) is 0.198. The second kappa shape index (κ2) is 6.00. The molecule has 1 N–H and O–H groups in total. The van der Waals surface area contributed by atoms with E-state index in [0.29, 0.717) is 16.6 Å². The van der Waals surface area contributed by atoms with Crippen LogP contribution in [0.3, 0.4) is 0 Å². The molecule has 0 saturated carbocycles. The van der Waals surface area contributed by atoms with Crippen molar-refractivity contribution in [2.24, 2.45) is 0 Å². The molecule has 1 fully saturated rings. The number of rotatable bonds is 3. The van der Waals surface area contributed by atoms with Gasteiger partial charge >= 0.3 is 0 Å². The summed E-state index contributed by atoms with van der Waals surface area (Å²) in [6.45, 7) is 3.20. The number of anilines is 1. The zero-order valence-electron chi connectivity index (χ0n) is 13.0. The predicted octanol–water partition coefficient (Wildman–Crippen LogP) is 2.52. The Morgan fingerprint density at radius 2 is 1.86 bits per heavy atom. The molecule has 1 aromatic rings. The Kier molecular flexibility index (Phi) is 4.38. The zero-order chi connectivity index (χ0) is 15.9. The third-order valence-corrected chi connectivity index (χ3v) is 5.45. The van der Waals surface area contributed by atoms with Crippen LogP contribution in [-0.4, -0.2) is 51.1 Å². The van der Waals surface area contributed by atoms with Crippen molar-refractivity contribution in [1.29, 1.82) is 0 Å². The molecule has 0 unspecified atom stereocenters. The van der Waals surface area contributed by atoms with Gasteiger partial charge in [-0.2, -0.15) is 0 Å². The Bertz CT molecular complexity index is 597. The zero-order valence-corrected chi connectivity index (χ0v) is 14.5. The van der Waals surface area contributed by atoms with Gasteiger partial charge in [-0.3, -0.25) is 4.79 Å². The van der Waals surface area contributed by atoms with E-state index >= 15 is 0 Å². The number of nitrogens with zero attached hydrogens (tertiary/aromatic N) is 2. The van der Waals surface area contributed by atoms with Gasteiger partial charge in [0, 0.05) is 18.8 Å². The molecular formula is C16H21Cl2N3O. The van der Waals surface area contributed by atoms with E-state index < -0.39 is 5.41 Å². The fourth-order valence-corrected chi connectivity index (χ4v) is 3.81. The van der Waals surface area contributed by atoms with Crippen LogP contribution in [-0.2, 0) is 10.2 Å². The molecule has 1 saturated heterocycles. The summed E-state index contributed by atoms with van der Waals surface area (Å²) in [6, 6.07) is 3.75. The number of fused-ring (bicyclic) bond motifs is 2. The van der Waals surface area contributed by atoms with E-state index in [1.807, 2.05) is 31.1 Å². The summed E-state index contributed by atoms with van der Waals surface area (Å²) in [6.07, 6.45) is 1.63. The van der Waals surface area contributed by atoms with Crippen LogP contribution < -0.4 is 10.2 Å². The largest absolute Gasteiger partial charge is 0.317 e. The summed E-state index contributed by atoms with van der Waals surface area (Å²) in [4.78, 5) is 17.1. The molecule has 6 heteroatoms. The van der Waals surface area contributed by atoms with Crippen LogP contribution in [0.25, 0.3) is 0 Å². The highest BCUT2D eigenvalue weighted by Gasteiger charge is 2.51. The standard InChI is InChI=1S/C16H21Cl2N3O/c1-20(2)7-8-21-14-10-13(18)12(17)9-11(14)16(15(21)22)3-5-19-6-4-16/h9-10,19H,3-8H2,1-2H3. The summed E-state index contributed by atoms with van der Waals surface area (Å²) < 4.78 is 0. The van der Waals surface area contributed by atoms with Crippen LogP contribution in [0.15, 0.2) is 12.1 Å². The van der Waals surface area contributed by atoms with Crippen LogP contribution >= 0.6 is 23.2 Å². The summed E-state index contributed by atoms with van der Waals surface area (Å²) in [5, 5.41) is 4.38. The molecule has 0 aromatic heterocycles. The van der Waals surface area contributed by atoms with Crippen LogP contribution in [0.5, 0.6) is 0 Å². The van der Waals surface area contributed by atoms with E-state index in [2.05, 4.69) is 10.2 Å². The molecule has 22 heavy (non-hydrogen) atoms. The van der Waals surface area contributed by atoms with Crippen LogP contribution in [0, 0.1) is 0 Å². The number of hydrogen-bond acceptors (Lipinski definition) is 3. The number of halogens is 2. The third kappa shape index (κ3) is 2.52. The van der Waals surface area contributed by atoms with Gasteiger partial charge < -0.3 is 15.1 Å². The molecule has 4 nitrogen and oxygen atoms in total. The summed E-state index contributed by atoms with van der Waals surface area (Å²) in [7, 11) is 4.02.